The first-order chi connectivity index (χ1) is 8.63. The summed E-state index contributed by atoms with van der Waals surface area (Å²) in [6.07, 6.45) is 2.39. The van der Waals surface area contributed by atoms with Gasteiger partial charge in [0.2, 0.25) is 0 Å². The summed E-state index contributed by atoms with van der Waals surface area (Å²) in [5.41, 5.74) is 4.48. The van der Waals surface area contributed by atoms with Crippen molar-refractivity contribution in [2.24, 2.45) is 0 Å². The summed E-state index contributed by atoms with van der Waals surface area (Å²) in [5.74, 6) is 0.675. The van der Waals surface area contributed by atoms with Crippen molar-refractivity contribution in [3.8, 4) is 0 Å². The zero-order valence-electron chi connectivity index (χ0n) is 12.2. The predicted molar refractivity (Wildman–Crippen MR) is 79.6 cm³/mol. The van der Waals surface area contributed by atoms with E-state index in [1.807, 2.05) is 7.05 Å². The van der Waals surface area contributed by atoms with Gasteiger partial charge in [-0.1, -0.05) is 19.1 Å². The largest absolute Gasteiger partial charge is 0.368 e. The number of rotatable bonds is 5. The lowest BCUT2D eigenvalue weighted by atomic mass is 10.00. The molecule has 0 aromatic heterocycles. The standard InChI is InChI=1S/C16H26N2/c1-12(2)18-11-13(3)15-8-7-14(10-16(15)18)6-5-9-17-4/h7-8,10,12-13,17H,5-6,9,11H2,1-4H3. The molecule has 0 saturated carbocycles. The molecule has 0 aliphatic carbocycles. The highest BCUT2D eigenvalue weighted by Gasteiger charge is 2.26. The third-order valence-electron chi connectivity index (χ3n) is 3.92. The van der Waals surface area contributed by atoms with Crippen molar-refractivity contribution in [2.45, 2.75) is 45.6 Å². The maximum Gasteiger partial charge on any atom is 0.0407 e. The zero-order valence-corrected chi connectivity index (χ0v) is 12.2. The topological polar surface area (TPSA) is 15.3 Å². The fourth-order valence-electron chi connectivity index (χ4n) is 2.86. The van der Waals surface area contributed by atoms with Crippen LogP contribution in [0.1, 0.15) is 44.2 Å². The second-order valence-corrected chi connectivity index (χ2v) is 5.75. The Kier molecular flexibility index (Phi) is 4.28. The van der Waals surface area contributed by atoms with Gasteiger partial charge in [0.15, 0.2) is 0 Å². The van der Waals surface area contributed by atoms with Crippen molar-refractivity contribution >= 4 is 5.69 Å². The average molecular weight is 246 g/mol. The Labute approximate surface area is 111 Å². The van der Waals surface area contributed by atoms with E-state index in [0.717, 1.165) is 6.54 Å². The Balaban J connectivity index is 2.17. The Morgan fingerprint density at radius 2 is 2.17 bits per heavy atom. The molecule has 1 atom stereocenters. The molecule has 2 heteroatoms. The van der Waals surface area contributed by atoms with Gasteiger partial charge in [0, 0.05) is 24.2 Å². The van der Waals surface area contributed by atoms with Crippen molar-refractivity contribution in [2.75, 3.05) is 25.0 Å². The van der Waals surface area contributed by atoms with E-state index in [1.165, 1.54) is 36.2 Å². The monoisotopic (exact) mass is 246 g/mol. The van der Waals surface area contributed by atoms with Crippen LogP contribution >= 0.6 is 0 Å². The molecule has 1 heterocycles. The molecule has 0 saturated heterocycles. The van der Waals surface area contributed by atoms with Crippen LogP contribution in [-0.2, 0) is 6.42 Å². The van der Waals surface area contributed by atoms with Crippen molar-refractivity contribution in [1.29, 1.82) is 0 Å². The van der Waals surface area contributed by atoms with Gasteiger partial charge in [-0.05, 0) is 57.5 Å². The fraction of sp³-hybridized carbons (Fsp3) is 0.625. The molecule has 100 valence electrons. The number of hydrogen-bond acceptors (Lipinski definition) is 2. The minimum Gasteiger partial charge on any atom is -0.368 e. The van der Waals surface area contributed by atoms with Crippen LogP contribution < -0.4 is 10.2 Å². The average Bonchev–Trinajstić information content (AvgIpc) is 2.67. The number of hydrogen-bond donors (Lipinski definition) is 1. The first kappa shape index (κ1) is 13.4. The molecule has 1 N–H and O–H groups in total. The fourth-order valence-corrected chi connectivity index (χ4v) is 2.86. The SMILES string of the molecule is CNCCCc1ccc2c(c1)N(C(C)C)CC2C. The lowest BCUT2D eigenvalue weighted by Gasteiger charge is -2.24. The molecule has 0 bridgehead atoms. The highest BCUT2D eigenvalue weighted by atomic mass is 15.2. The van der Waals surface area contributed by atoms with Crippen LogP contribution in [0.3, 0.4) is 0 Å². The Hall–Kier alpha value is -1.02. The molecular formula is C16H26N2. The van der Waals surface area contributed by atoms with Crippen LogP contribution in [0.5, 0.6) is 0 Å². The van der Waals surface area contributed by atoms with Gasteiger partial charge in [0.05, 0.1) is 0 Å². The van der Waals surface area contributed by atoms with Crippen molar-refractivity contribution in [3.05, 3.63) is 29.3 Å². The quantitative estimate of drug-likeness (QED) is 0.803. The normalized spacial score (nSPS) is 18.5. The minimum atomic E-state index is 0.598. The smallest absolute Gasteiger partial charge is 0.0407 e. The number of nitrogens with zero attached hydrogens (tertiary/aromatic N) is 1. The van der Waals surface area contributed by atoms with Crippen LogP contribution in [0.2, 0.25) is 0 Å². The lowest BCUT2D eigenvalue weighted by molar-refractivity contribution is 0.669. The number of aryl methyl sites for hydroxylation is 1. The number of nitrogens with one attached hydrogen (secondary N) is 1. The van der Waals surface area contributed by atoms with E-state index < -0.39 is 0 Å². The van der Waals surface area contributed by atoms with Crippen LogP contribution in [0.25, 0.3) is 0 Å². The summed E-state index contributed by atoms with van der Waals surface area (Å²) in [7, 11) is 2.02. The zero-order chi connectivity index (χ0) is 13.1. The van der Waals surface area contributed by atoms with Gasteiger partial charge < -0.3 is 10.2 Å². The maximum atomic E-state index is 3.21. The van der Waals surface area contributed by atoms with Crippen LogP contribution in [0, 0.1) is 0 Å². The van der Waals surface area contributed by atoms with Gasteiger partial charge in [0.1, 0.15) is 0 Å². The first-order valence-corrected chi connectivity index (χ1v) is 7.17. The van der Waals surface area contributed by atoms with Gasteiger partial charge in [0.25, 0.3) is 0 Å². The van der Waals surface area contributed by atoms with E-state index in [2.05, 4.69) is 49.2 Å². The Morgan fingerprint density at radius 3 is 2.83 bits per heavy atom. The summed E-state index contributed by atoms with van der Waals surface area (Å²) in [4.78, 5) is 2.54. The molecule has 2 rings (SSSR count). The molecule has 2 nitrogen and oxygen atoms in total. The highest BCUT2D eigenvalue weighted by Crippen LogP contribution is 2.37. The molecule has 1 unspecified atom stereocenters. The van der Waals surface area contributed by atoms with Crippen LogP contribution in [0.15, 0.2) is 18.2 Å². The lowest BCUT2D eigenvalue weighted by Crippen LogP contribution is -2.29. The summed E-state index contributed by atoms with van der Waals surface area (Å²) in [5, 5.41) is 3.21. The number of fused-ring (bicyclic) bond motifs is 1. The third-order valence-corrected chi connectivity index (χ3v) is 3.92. The van der Waals surface area contributed by atoms with Gasteiger partial charge >= 0.3 is 0 Å². The molecule has 1 aliphatic rings. The molecule has 18 heavy (non-hydrogen) atoms. The third kappa shape index (κ3) is 2.69. The van der Waals surface area contributed by atoms with Crippen molar-refractivity contribution in [3.63, 3.8) is 0 Å². The number of anilines is 1. The highest BCUT2D eigenvalue weighted by molar-refractivity contribution is 5.62. The van der Waals surface area contributed by atoms with Gasteiger partial charge in [-0.25, -0.2) is 0 Å². The second-order valence-electron chi connectivity index (χ2n) is 5.75. The Bertz CT molecular complexity index is 398. The van der Waals surface area contributed by atoms with E-state index in [4.69, 9.17) is 0 Å². The molecule has 1 aliphatic heterocycles. The molecule has 0 radical (unpaired) electrons. The van der Waals surface area contributed by atoms with Crippen LogP contribution in [-0.4, -0.2) is 26.2 Å². The van der Waals surface area contributed by atoms with E-state index in [0.29, 0.717) is 12.0 Å². The van der Waals surface area contributed by atoms with E-state index in [9.17, 15) is 0 Å². The van der Waals surface area contributed by atoms with Crippen molar-refractivity contribution < 1.29 is 0 Å². The summed E-state index contributed by atoms with van der Waals surface area (Å²) in [6, 6.07) is 7.67. The molecule has 0 amide bonds. The summed E-state index contributed by atoms with van der Waals surface area (Å²) >= 11 is 0. The second kappa shape index (κ2) is 5.75. The molecule has 1 aromatic rings. The van der Waals surface area contributed by atoms with Gasteiger partial charge in [-0.2, -0.15) is 0 Å². The van der Waals surface area contributed by atoms with Gasteiger partial charge in [-0.3, -0.25) is 0 Å². The minimum absolute atomic E-state index is 0.598. The van der Waals surface area contributed by atoms with Gasteiger partial charge in [-0.15, -0.1) is 0 Å². The maximum absolute atomic E-state index is 3.21. The summed E-state index contributed by atoms with van der Waals surface area (Å²) < 4.78 is 0. The molecule has 0 fully saturated rings. The molecule has 1 aromatic carbocycles. The van der Waals surface area contributed by atoms with E-state index in [1.54, 1.807) is 0 Å². The predicted octanol–water partition coefficient (Wildman–Crippen LogP) is 3.17. The molecular weight excluding hydrogens is 220 g/mol. The van der Waals surface area contributed by atoms with E-state index >= 15 is 0 Å². The van der Waals surface area contributed by atoms with E-state index in [-0.39, 0.29) is 0 Å². The first-order valence-electron chi connectivity index (χ1n) is 7.17. The van der Waals surface area contributed by atoms with Crippen molar-refractivity contribution in [1.82, 2.24) is 5.32 Å². The number of benzene rings is 1. The summed E-state index contributed by atoms with van der Waals surface area (Å²) in [6.45, 7) is 9.18. The molecule has 0 spiro atoms. The Morgan fingerprint density at radius 1 is 1.39 bits per heavy atom. The van der Waals surface area contributed by atoms with Crippen LogP contribution in [0.4, 0.5) is 5.69 Å².